The fourth-order valence-electron chi connectivity index (χ4n) is 2.55. The molecule has 0 bridgehead atoms. The fraction of sp³-hybridized carbons (Fsp3) is 0.250. The Bertz CT molecular complexity index is 767. The largest absolute Gasteiger partial charge is 0.493 e. The predicted octanol–water partition coefficient (Wildman–Crippen LogP) is 3.43. The van der Waals surface area contributed by atoms with Gasteiger partial charge in [-0.15, -0.1) is 0 Å². The summed E-state index contributed by atoms with van der Waals surface area (Å²) in [5.41, 5.74) is 1.40. The Kier molecular flexibility index (Phi) is 3.45. The van der Waals surface area contributed by atoms with E-state index in [9.17, 15) is 12.8 Å². The monoisotopic (exact) mass is 306 g/mol. The van der Waals surface area contributed by atoms with Gasteiger partial charge < -0.3 is 4.74 Å². The highest BCUT2D eigenvalue weighted by atomic mass is 32.2. The van der Waals surface area contributed by atoms with Gasteiger partial charge >= 0.3 is 0 Å². The average Bonchev–Trinajstić information content (AvgIpc) is 2.47. The molecule has 0 N–H and O–H groups in total. The van der Waals surface area contributed by atoms with E-state index < -0.39 is 20.9 Å². The van der Waals surface area contributed by atoms with E-state index in [0.29, 0.717) is 24.3 Å². The summed E-state index contributed by atoms with van der Waals surface area (Å²) in [5.74, 6) is -0.00769. The molecule has 0 aromatic heterocycles. The van der Waals surface area contributed by atoms with Crippen molar-refractivity contribution >= 4 is 9.84 Å². The summed E-state index contributed by atoms with van der Waals surface area (Å²) in [6.45, 7) is 2.21. The second kappa shape index (κ2) is 5.15. The van der Waals surface area contributed by atoms with Crippen LogP contribution in [0.5, 0.6) is 5.75 Å². The van der Waals surface area contributed by atoms with Gasteiger partial charge in [-0.05, 0) is 37.3 Å². The lowest BCUT2D eigenvalue weighted by Gasteiger charge is -2.26. The molecule has 110 valence electrons. The summed E-state index contributed by atoms with van der Waals surface area (Å²) >= 11 is 0. The van der Waals surface area contributed by atoms with Gasteiger partial charge in [-0.2, -0.15) is 0 Å². The topological polar surface area (TPSA) is 43.4 Å². The third-order valence-corrected chi connectivity index (χ3v) is 5.85. The van der Waals surface area contributed by atoms with E-state index >= 15 is 0 Å². The third-order valence-electron chi connectivity index (χ3n) is 3.68. The summed E-state index contributed by atoms with van der Waals surface area (Å²) < 4.78 is 44.5. The van der Waals surface area contributed by atoms with Crippen LogP contribution in [0.4, 0.5) is 4.39 Å². The summed E-state index contributed by atoms with van der Waals surface area (Å²) in [6.07, 6.45) is 0.326. The van der Waals surface area contributed by atoms with Crippen molar-refractivity contribution in [2.75, 3.05) is 6.61 Å². The zero-order valence-corrected chi connectivity index (χ0v) is 12.4. The molecule has 5 heteroatoms. The van der Waals surface area contributed by atoms with Gasteiger partial charge in [0.2, 0.25) is 0 Å². The Labute approximate surface area is 123 Å². The Morgan fingerprint density at radius 1 is 1.14 bits per heavy atom. The van der Waals surface area contributed by atoms with Crippen molar-refractivity contribution in [3.8, 4) is 5.75 Å². The second-order valence-corrected chi connectivity index (χ2v) is 7.30. The van der Waals surface area contributed by atoms with E-state index in [1.807, 2.05) is 6.92 Å². The van der Waals surface area contributed by atoms with Crippen LogP contribution < -0.4 is 4.74 Å². The zero-order valence-electron chi connectivity index (χ0n) is 11.5. The molecule has 3 nitrogen and oxygen atoms in total. The van der Waals surface area contributed by atoms with E-state index in [0.717, 1.165) is 5.56 Å². The highest BCUT2D eigenvalue weighted by Crippen LogP contribution is 2.40. The number of rotatable bonds is 2. The molecule has 0 amide bonds. The van der Waals surface area contributed by atoms with E-state index in [4.69, 9.17) is 4.74 Å². The molecule has 3 rings (SSSR count). The van der Waals surface area contributed by atoms with Gasteiger partial charge in [0.15, 0.2) is 9.84 Å². The summed E-state index contributed by atoms with van der Waals surface area (Å²) in [4.78, 5) is 0.259. The first-order valence-electron chi connectivity index (χ1n) is 6.71. The standard InChI is InChI=1S/C16H15FO3S/c1-11-2-5-13(6-3-11)21(18,19)16-8-9-20-15-7-4-12(17)10-14(15)16/h2-7,10,16H,8-9H2,1H3. The number of fused-ring (bicyclic) bond motifs is 1. The van der Waals surface area contributed by atoms with Crippen molar-refractivity contribution in [1.82, 2.24) is 0 Å². The number of aryl methyl sites for hydroxylation is 1. The molecule has 1 aliphatic rings. The minimum absolute atomic E-state index is 0.259. The number of sulfone groups is 1. The Hall–Kier alpha value is -1.88. The Balaban J connectivity index is 2.09. The Morgan fingerprint density at radius 3 is 2.57 bits per heavy atom. The normalized spacial score (nSPS) is 17.9. The minimum atomic E-state index is -3.56. The summed E-state index contributed by atoms with van der Waals surface area (Å²) in [7, 11) is -3.56. The number of hydrogen-bond acceptors (Lipinski definition) is 3. The first-order chi connectivity index (χ1) is 9.98. The van der Waals surface area contributed by atoms with Crippen molar-refractivity contribution in [3.05, 3.63) is 59.4 Å². The average molecular weight is 306 g/mol. The molecule has 0 aliphatic carbocycles. The molecular weight excluding hydrogens is 291 g/mol. The molecule has 1 aliphatic heterocycles. The molecule has 0 saturated heterocycles. The molecule has 1 atom stereocenters. The van der Waals surface area contributed by atoms with Crippen LogP contribution in [0.3, 0.4) is 0 Å². The van der Waals surface area contributed by atoms with E-state index in [1.165, 1.54) is 18.2 Å². The van der Waals surface area contributed by atoms with Gasteiger partial charge in [-0.3, -0.25) is 0 Å². The number of halogens is 1. The highest BCUT2D eigenvalue weighted by Gasteiger charge is 2.34. The third kappa shape index (κ3) is 2.53. The smallest absolute Gasteiger partial charge is 0.185 e. The van der Waals surface area contributed by atoms with E-state index in [2.05, 4.69) is 0 Å². The van der Waals surface area contributed by atoms with Crippen LogP contribution in [-0.4, -0.2) is 15.0 Å². The molecule has 1 unspecified atom stereocenters. The molecule has 0 fully saturated rings. The maximum atomic E-state index is 13.5. The fourth-order valence-corrected chi connectivity index (χ4v) is 4.32. The molecule has 0 saturated carbocycles. The zero-order chi connectivity index (χ0) is 15.0. The minimum Gasteiger partial charge on any atom is -0.493 e. The quantitative estimate of drug-likeness (QED) is 0.853. The van der Waals surface area contributed by atoms with Gasteiger partial charge in [0.25, 0.3) is 0 Å². The maximum Gasteiger partial charge on any atom is 0.185 e. The maximum absolute atomic E-state index is 13.5. The van der Waals surface area contributed by atoms with Gasteiger partial charge in [-0.1, -0.05) is 17.7 Å². The van der Waals surface area contributed by atoms with Crippen LogP contribution in [0.15, 0.2) is 47.4 Å². The molecule has 0 radical (unpaired) electrons. The van der Waals surface area contributed by atoms with Gasteiger partial charge in [-0.25, -0.2) is 12.8 Å². The van der Waals surface area contributed by atoms with Gasteiger partial charge in [0.1, 0.15) is 11.6 Å². The highest BCUT2D eigenvalue weighted by molar-refractivity contribution is 7.91. The van der Waals surface area contributed by atoms with Crippen molar-refractivity contribution in [3.63, 3.8) is 0 Å². The molecule has 2 aromatic rings. The van der Waals surface area contributed by atoms with Gasteiger partial charge in [0.05, 0.1) is 16.8 Å². The van der Waals surface area contributed by atoms with Crippen molar-refractivity contribution < 1.29 is 17.5 Å². The van der Waals surface area contributed by atoms with Gasteiger partial charge in [0, 0.05) is 12.0 Å². The van der Waals surface area contributed by atoms with Crippen LogP contribution >= 0.6 is 0 Å². The SMILES string of the molecule is Cc1ccc(S(=O)(=O)C2CCOc3ccc(F)cc32)cc1. The van der Waals surface area contributed by atoms with E-state index in [-0.39, 0.29) is 4.90 Å². The van der Waals surface area contributed by atoms with Crippen LogP contribution in [0.2, 0.25) is 0 Å². The molecule has 0 spiro atoms. The van der Waals surface area contributed by atoms with Crippen molar-refractivity contribution in [1.29, 1.82) is 0 Å². The first kappa shape index (κ1) is 14.1. The second-order valence-electron chi connectivity index (χ2n) is 5.17. The summed E-state index contributed by atoms with van der Waals surface area (Å²) in [5, 5.41) is -0.764. The molecule has 1 heterocycles. The number of hydrogen-bond donors (Lipinski definition) is 0. The number of ether oxygens (including phenoxy) is 1. The van der Waals surface area contributed by atoms with E-state index in [1.54, 1.807) is 24.3 Å². The predicted molar refractivity (Wildman–Crippen MR) is 77.6 cm³/mol. The van der Waals surface area contributed by atoms with Crippen LogP contribution in [0.1, 0.15) is 22.8 Å². The molecule has 2 aromatic carbocycles. The van der Waals surface area contributed by atoms with Crippen LogP contribution in [0, 0.1) is 12.7 Å². The molecular formula is C16H15FO3S. The van der Waals surface area contributed by atoms with Crippen LogP contribution in [-0.2, 0) is 9.84 Å². The lowest BCUT2D eigenvalue weighted by atomic mass is 10.1. The Morgan fingerprint density at radius 2 is 1.86 bits per heavy atom. The van der Waals surface area contributed by atoms with Crippen LogP contribution in [0.25, 0.3) is 0 Å². The summed E-state index contributed by atoms with van der Waals surface area (Å²) in [6, 6.07) is 10.7. The lowest BCUT2D eigenvalue weighted by molar-refractivity contribution is 0.282. The number of benzene rings is 2. The van der Waals surface area contributed by atoms with Crippen molar-refractivity contribution in [2.24, 2.45) is 0 Å². The molecule has 21 heavy (non-hydrogen) atoms. The van der Waals surface area contributed by atoms with Crippen molar-refractivity contribution in [2.45, 2.75) is 23.5 Å². The first-order valence-corrected chi connectivity index (χ1v) is 8.26. The lowest BCUT2D eigenvalue weighted by Crippen LogP contribution is -2.22.